The van der Waals surface area contributed by atoms with Gasteiger partial charge in [-0.2, -0.15) is 0 Å². The molecule has 1 aromatic rings. The summed E-state index contributed by atoms with van der Waals surface area (Å²) in [5.74, 6) is 0.769. The third-order valence-corrected chi connectivity index (χ3v) is 4.76. The van der Waals surface area contributed by atoms with Crippen LogP contribution in [0.3, 0.4) is 0 Å². The Morgan fingerprint density at radius 3 is 2.79 bits per heavy atom. The lowest BCUT2D eigenvalue weighted by molar-refractivity contribution is 0.0642. The second-order valence-corrected chi connectivity index (χ2v) is 6.57. The van der Waals surface area contributed by atoms with Gasteiger partial charge in [0.15, 0.2) is 0 Å². The Balaban J connectivity index is 2.15. The van der Waals surface area contributed by atoms with Gasteiger partial charge in [0.05, 0.1) is 0 Å². The highest BCUT2D eigenvalue weighted by molar-refractivity contribution is 6.31. The highest BCUT2D eigenvalue weighted by Gasteiger charge is 2.33. The molecule has 1 fully saturated rings. The van der Waals surface area contributed by atoms with Gasteiger partial charge < -0.3 is 5.73 Å². The van der Waals surface area contributed by atoms with Crippen molar-refractivity contribution in [2.24, 2.45) is 11.7 Å². The molecule has 1 aliphatic rings. The maximum Gasteiger partial charge on any atom is 0.0438 e. The molecular formula is C16H25ClN2. The molecule has 19 heavy (non-hydrogen) atoms. The van der Waals surface area contributed by atoms with Gasteiger partial charge in [-0.1, -0.05) is 36.7 Å². The lowest BCUT2D eigenvalue weighted by Crippen LogP contribution is -2.56. The zero-order chi connectivity index (χ0) is 13.9. The summed E-state index contributed by atoms with van der Waals surface area (Å²) in [6, 6.07) is 8.11. The second-order valence-electron chi connectivity index (χ2n) is 6.16. The van der Waals surface area contributed by atoms with Gasteiger partial charge in [0.1, 0.15) is 0 Å². The molecule has 0 spiro atoms. The van der Waals surface area contributed by atoms with Crippen LogP contribution in [0, 0.1) is 5.92 Å². The molecule has 2 nitrogen and oxygen atoms in total. The van der Waals surface area contributed by atoms with E-state index < -0.39 is 0 Å². The van der Waals surface area contributed by atoms with E-state index in [9.17, 15) is 0 Å². The highest BCUT2D eigenvalue weighted by atomic mass is 35.5. The minimum atomic E-state index is 0.0136. The normalized spacial score (nSPS) is 24.1. The van der Waals surface area contributed by atoms with Crippen molar-refractivity contribution >= 4 is 11.6 Å². The van der Waals surface area contributed by atoms with Crippen molar-refractivity contribution in [2.45, 2.75) is 38.6 Å². The molecule has 0 aliphatic carbocycles. The Bertz CT molecular complexity index is 421. The Kier molecular flexibility index (Phi) is 4.88. The lowest BCUT2D eigenvalue weighted by atomic mass is 9.87. The first-order chi connectivity index (χ1) is 9.05. The summed E-state index contributed by atoms with van der Waals surface area (Å²) in [5.41, 5.74) is 7.31. The largest absolute Gasteiger partial charge is 0.329 e. The number of likely N-dealkylation sites (tertiary alicyclic amines) is 1. The Labute approximate surface area is 121 Å². The minimum Gasteiger partial charge on any atom is -0.329 e. The van der Waals surface area contributed by atoms with Crippen molar-refractivity contribution in [3.63, 3.8) is 0 Å². The molecule has 2 N–H and O–H groups in total. The average Bonchev–Trinajstić information content (AvgIpc) is 2.41. The highest BCUT2D eigenvalue weighted by Crippen LogP contribution is 2.28. The third-order valence-electron chi connectivity index (χ3n) is 4.39. The number of halogens is 1. The molecule has 1 aliphatic heterocycles. The number of hydrogen-bond acceptors (Lipinski definition) is 2. The van der Waals surface area contributed by atoms with E-state index in [0.717, 1.165) is 30.5 Å². The molecule has 0 radical (unpaired) electrons. The third kappa shape index (κ3) is 3.50. The fraction of sp³-hybridized carbons (Fsp3) is 0.625. The fourth-order valence-corrected chi connectivity index (χ4v) is 3.25. The van der Waals surface area contributed by atoms with Crippen LogP contribution in [0.2, 0.25) is 5.02 Å². The summed E-state index contributed by atoms with van der Waals surface area (Å²) in [7, 11) is 0. The summed E-state index contributed by atoms with van der Waals surface area (Å²) in [6.07, 6.45) is 3.54. The van der Waals surface area contributed by atoms with Gasteiger partial charge in [-0.25, -0.2) is 0 Å². The lowest BCUT2D eigenvalue weighted by Gasteiger charge is -2.45. The molecule has 0 bridgehead atoms. The van der Waals surface area contributed by atoms with Crippen LogP contribution in [0.25, 0.3) is 0 Å². The topological polar surface area (TPSA) is 29.3 Å². The van der Waals surface area contributed by atoms with Gasteiger partial charge in [0, 0.05) is 23.7 Å². The van der Waals surface area contributed by atoms with Crippen molar-refractivity contribution in [1.29, 1.82) is 0 Å². The predicted octanol–water partition coefficient (Wildman–Crippen LogP) is 3.33. The van der Waals surface area contributed by atoms with Crippen molar-refractivity contribution < 1.29 is 0 Å². The molecule has 106 valence electrons. The van der Waals surface area contributed by atoms with Crippen LogP contribution in [-0.2, 0) is 6.42 Å². The molecule has 0 saturated carbocycles. The van der Waals surface area contributed by atoms with Gasteiger partial charge >= 0.3 is 0 Å². The van der Waals surface area contributed by atoms with Gasteiger partial charge in [-0.05, 0) is 50.3 Å². The zero-order valence-corrected chi connectivity index (χ0v) is 12.8. The van der Waals surface area contributed by atoms with Crippen molar-refractivity contribution in [2.75, 3.05) is 19.6 Å². The Hall–Kier alpha value is -0.570. The first kappa shape index (κ1) is 14.8. The van der Waals surface area contributed by atoms with E-state index in [1.54, 1.807) is 0 Å². The minimum absolute atomic E-state index is 0.0136. The summed E-state index contributed by atoms with van der Waals surface area (Å²) in [5, 5.41) is 0.854. The molecule has 1 saturated heterocycles. The van der Waals surface area contributed by atoms with E-state index in [-0.39, 0.29) is 5.54 Å². The van der Waals surface area contributed by atoms with Crippen molar-refractivity contribution in [1.82, 2.24) is 4.90 Å². The van der Waals surface area contributed by atoms with Crippen LogP contribution in [0.4, 0.5) is 0 Å². The van der Waals surface area contributed by atoms with E-state index in [0.29, 0.717) is 6.54 Å². The summed E-state index contributed by atoms with van der Waals surface area (Å²) in [6.45, 7) is 7.58. The Morgan fingerprint density at radius 2 is 2.16 bits per heavy atom. The zero-order valence-electron chi connectivity index (χ0n) is 12.0. The summed E-state index contributed by atoms with van der Waals surface area (Å²) in [4.78, 5) is 2.56. The smallest absolute Gasteiger partial charge is 0.0438 e. The molecule has 1 heterocycles. The van der Waals surface area contributed by atoms with Crippen molar-refractivity contribution in [3.8, 4) is 0 Å². The summed E-state index contributed by atoms with van der Waals surface area (Å²) < 4.78 is 0. The predicted molar refractivity (Wildman–Crippen MR) is 82.6 cm³/mol. The van der Waals surface area contributed by atoms with Crippen LogP contribution >= 0.6 is 11.6 Å². The first-order valence-corrected chi connectivity index (χ1v) is 7.61. The molecule has 0 amide bonds. The van der Waals surface area contributed by atoms with Crippen molar-refractivity contribution in [3.05, 3.63) is 34.9 Å². The van der Waals surface area contributed by atoms with E-state index in [4.69, 9.17) is 17.3 Å². The van der Waals surface area contributed by atoms with E-state index in [2.05, 4.69) is 30.9 Å². The molecule has 1 aromatic carbocycles. The molecule has 0 aromatic heterocycles. The SMILES string of the molecule is CC1CCCN(C(C)(CN)Cc2ccccc2Cl)C1. The van der Waals surface area contributed by atoms with E-state index >= 15 is 0 Å². The molecular weight excluding hydrogens is 256 g/mol. The first-order valence-electron chi connectivity index (χ1n) is 7.24. The Morgan fingerprint density at radius 1 is 1.42 bits per heavy atom. The monoisotopic (exact) mass is 280 g/mol. The van der Waals surface area contributed by atoms with Crippen LogP contribution in [0.15, 0.2) is 24.3 Å². The van der Waals surface area contributed by atoms with E-state index in [1.807, 2.05) is 12.1 Å². The molecule has 3 heteroatoms. The molecule has 2 unspecified atom stereocenters. The maximum absolute atomic E-state index is 6.30. The fourth-order valence-electron chi connectivity index (χ4n) is 3.04. The second kappa shape index (κ2) is 6.25. The molecule has 2 atom stereocenters. The van der Waals surface area contributed by atoms with Gasteiger partial charge in [0.2, 0.25) is 0 Å². The number of rotatable bonds is 4. The van der Waals surface area contributed by atoms with Gasteiger partial charge in [-0.15, -0.1) is 0 Å². The van der Waals surface area contributed by atoms with Crippen LogP contribution in [0.1, 0.15) is 32.3 Å². The van der Waals surface area contributed by atoms with Gasteiger partial charge in [-0.3, -0.25) is 4.90 Å². The number of piperidine rings is 1. The standard InChI is InChI=1S/C16H25ClN2/c1-13-6-5-9-19(11-13)16(2,12-18)10-14-7-3-4-8-15(14)17/h3-4,7-8,13H,5-6,9-12,18H2,1-2H3. The number of hydrogen-bond donors (Lipinski definition) is 1. The van der Waals surface area contributed by atoms with Crippen LogP contribution in [-0.4, -0.2) is 30.1 Å². The average molecular weight is 281 g/mol. The van der Waals surface area contributed by atoms with Gasteiger partial charge in [0.25, 0.3) is 0 Å². The summed E-state index contributed by atoms with van der Waals surface area (Å²) >= 11 is 6.30. The van der Waals surface area contributed by atoms with E-state index in [1.165, 1.54) is 18.4 Å². The molecule has 2 rings (SSSR count). The quantitative estimate of drug-likeness (QED) is 0.917. The van der Waals surface area contributed by atoms with Crippen LogP contribution in [0.5, 0.6) is 0 Å². The number of nitrogens with two attached hydrogens (primary N) is 1. The maximum atomic E-state index is 6.30. The number of nitrogens with zero attached hydrogens (tertiary/aromatic N) is 1. The van der Waals surface area contributed by atoms with Crippen LogP contribution < -0.4 is 5.73 Å². The number of benzene rings is 1.